The Bertz CT molecular complexity index is 743. The molecule has 1 aromatic carbocycles. The van der Waals surface area contributed by atoms with Crippen LogP contribution in [0.3, 0.4) is 0 Å². The molecule has 2 aromatic heterocycles. The normalized spacial score (nSPS) is 12.6. The minimum atomic E-state index is 0.130. The number of aromatic nitrogens is 2. The predicted octanol–water partition coefficient (Wildman–Crippen LogP) is 4.01. The number of hydrogen-bond acceptors (Lipinski definition) is 4. The zero-order chi connectivity index (χ0) is 14.1. The molecule has 0 radical (unpaired) electrons. The van der Waals surface area contributed by atoms with Gasteiger partial charge in [-0.15, -0.1) is 0 Å². The minimum absolute atomic E-state index is 0.130. The van der Waals surface area contributed by atoms with Crippen LogP contribution in [0.25, 0.3) is 10.9 Å². The number of rotatable bonds is 3. The van der Waals surface area contributed by atoms with Crippen LogP contribution in [0.5, 0.6) is 0 Å². The second-order valence-electron chi connectivity index (χ2n) is 4.97. The van der Waals surface area contributed by atoms with Gasteiger partial charge in [-0.25, -0.2) is 9.97 Å². The molecule has 3 rings (SSSR count). The number of para-hydroxylation sites is 1. The van der Waals surface area contributed by atoms with E-state index in [1.807, 2.05) is 38.1 Å². The number of benzene rings is 1. The summed E-state index contributed by atoms with van der Waals surface area (Å²) in [6.45, 7) is 6.05. The van der Waals surface area contributed by atoms with Crippen LogP contribution >= 0.6 is 0 Å². The summed E-state index contributed by atoms with van der Waals surface area (Å²) in [5.41, 5.74) is 2.10. The molecule has 4 nitrogen and oxygen atoms in total. The summed E-state index contributed by atoms with van der Waals surface area (Å²) >= 11 is 0. The van der Waals surface area contributed by atoms with E-state index in [-0.39, 0.29) is 6.04 Å². The molecule has 0 aliphatic heterocycles. The summed E-state index contributed by atoms with van der Waals surface area (Å²) in [6.07, 6.45) is 1.59. The Morgan fingerprint density at radius 2 is 1.95 bits per heavy atom. The highest BCUT2D eigenvalue weighted by atomic mass is 16.3. The first-order valence-corrected chi connectivity index (χ1v) is 6.68. The lowest BCUT2D eigenvalue weighted by molar-refractivity contribution is 0.500. The summed E-state index contributed by atoms with van der Waals surface area (Å²) in [5, 5.41) is 4.47. The molecule has 1 unspecified atom stereocenters. The van der Waals surface area contributed by atoms with Gasteiger partial charge in [0.25, 0.3) is 0 Å². The van der Waals surface area contributed by atoms with Crippen molar-refractivity contribution in [2.24, 2.45) is 0 Å². The Morgan fingerprint density at radius 1 is 1.15 bits per heavy atom. The van der Waals surface area contributed by atoms with Crippen LogP contribution in [0.1, 0.15) is 30.0 Å². The highest BCUT2D eigenvalue weighted by molar-refractivity contribution is 5.88. The molecule has 2 heterocycles. The van der Waals surface area contributed by atoms with E-state index in [1.54, 1.807) is 6.33 Å². The van der Waals surface area contributed by atoms with Crippen LogP contribution in [0, 0.1) is 13.8 Å². The highest BCUT2D eigenvalue weighted by Gasteiger charge is 2.14. The van der Waals surface area contributed by atoms with E-state index in [0.29, 0.717) is 0 Å². The standard InChI is InChI=1S/C16H17N3O/c1-10-8-14(12(3)20-10)11(2)19-16-13-6-4-5-7-15(13)17-9-18-16/h4-9,11H,1-3H3,(H,17,18,19). The maximum atomic E-state index is 5.59. The summed E-state index contributed by atoms with van der Waals surface area (Å²) < 4.78 is 5.59. The molecule has 20 heavy (non-hydrogen) atoms. The van der Waals surface area contributed by atoms with Gasteiger partial charge in [0.05, 0.1) is 11.6 Å². The first-order chi connectivity index (χ1) is 9.65. The van der Waals surface area contributed by atoms with E-state index in [0.717, 1.165) is 33.8 Å². The highest BCUT2D eigenvalue weighted by Crippen LogP contribution is 2.27. The van der Waals surface area contributed by atoms with Crippen molar-refractivity contribution in [2.75, 3.05) is 5.32 Å². The van der Waals surface area contributed by atoms with Gasteiger partial charge in [-0.2, -0.15) is 0 Å². The van der Waals surface area contributed by atoms with Gasteiger partial charge in [-0.05, 0) is 39.0 Å². The SMILES string of the molecule is Cc1cc(C(C)Nc2ncnc3ccccc23)c(C)o1. The van der Waals surface area contributed by atoms with E-state index in [4.69, 9.17) is 4.42 Å². The molecule has 4 heteroatoms. The molecular weight excluding hydrogens is 250 g/mol. The first kappa shape index (κ1) is 12.7. The second kappa shape index (κ2) is 4.96. The van der Waals surface area contributed by atoms with Gasteiger partial charge in [-0.1, -0.05) is 12.1 Å². The molecule has 102 valence electrons. The average Bonchev–Trinajstić information content (AvgIpc) is 2.78. The van der Waals surface area contributed by atoms with Crippen LogP contribution in [0.2, 0.25) is 0 Å². The third kappa shape index (κ3) is 2.25. The smallest absolute Gasteiger partial charge is 0.137 e. The van der Waals surface area contributed by atoms with Gasteiger partial charge in [0.15, 0.2) is 0 Å². The van der Waals surface area contributed by atoms with E-state index in [1.165, 1.54) is 0 Å². The fourth-order valence-corrected chi connectivity index (χ4v) is 2.48. The van der Waals surface area contributed by atoms with Crippen LogP contribution in [0.15, 0.2) is 41.1 Å². The fourth-order valence-electron chi connectivity index (χ4n) is 2.48. The maximum Gasteiger partial charge on any atom is 0.137 e. The summed E-state index contributed by atoms with van der Waals surface area (Å²) in [4.78, 5) is 8.63. The van der Waals surface area contributed by atoms with Crippen molar-refractivity contribution in [2.45, 2.75) is 26.8 Å². The van der Waals surface area contributed by atoms with E-state index < -0.39 is 0 Å². The van der Waals surface area contributed by atoms with Crippen molar-refractivity contribution >= 4 is 16.7 Å². The van der Waals surface area contributed by atoms with Crippen molar-refractivity contribution in [1.82, 2.24) is 9.97 Å². The van der Waals surface area contributed by atoms with Gasteiger partial charge >= 0.3 is 0 Å². The van der Waals surface area contributed by atoms with E-state index in [2.05, 4.69) is 28.3 Å². The van der Waals surface area contributed by atoms with Crippen molar-refractivity contribution in [3.8, 4) is 0 Å². The third-order valence-electron chi connectivity index (χ3n) is 3.44. The Hall–Kier alpha value is -2.36. The number of aryl methyl sites for hydroxylation is 2. The van der Waals surface area contributed by atoms with Crippen molar-refractivity contribution in [1.29, 1.82) is 0 Å². The third-order valence-corrected chi connectivity index (χ3v) is 3.44. The molecule has 0 bridgehead atoms. The maximum absolute atomic E-state index is 5.59. The number of fused-ring (bicyclic) bond motifs is 1. The second-order valence-corrected chi connectivity index (χ2v) is 4.97. The predicted molar refractivity (Wildman–Crippen MR) is 79.8 cm³/mol. The summed E-state index contributed by atoms with van der Waals surface area (Å²) in [6, 6.07) is 10.2. The van der Waals surface area contributed by atoms with E-state index >= 15 is 0 Å². The van der Waals surface area contributed by atoms with Crippen molar-refractivity contribution in [3.63, 3.8) is 0 Å². The molecule has 0 aliphatic rings. The molecule has 0 aliphatic carbocycles. The van der Waals surface area contributed by atoms with Gasteiger partial charge in [-0.3, -0.25) is 0 Å². The Balaban J connectivity index is 1.95. The molecule has 0 spiro atoms. The molecule has 1 atom stereocenters. The lowest BCUT2D eigenvalue weighted by atomic mass is 10.1. The zero-order valence-corrected chi connectivity index (χ0v) is 11.8. The summed E-state index contributed by atoms with van der Waals surface area (Å²) in [5.74, 6) is 2.72. The first-order valence-electron chi connectivity index (χ1n) is 6.68. The van der Waals surface area contributed by atoms with Gasteiger partial charge < -0.3 is 9.73 Å². The van der Waals surface area contributed by atoms with Crippen molar-refractivity contribution in [3.05, 3.63) is 53.7 Å². The molecule has 0 saturated carbocycles. The lowest BCUT2D eigenvalue weighted by Crippen LogP contribution is -2.08. The molecule has 3 aromatic rings. The molecule has 0 saturated heterocycles. The number of nitrogens with zero attached hydrogens (tertiary/aromatic N) is 2. The minimum Gasteiger partial charge on any atom is -0.466 e. The number of nitrogens with one attached hydrogen (secondary N) is 1. The fraction of sp³-hybridized carbons (Fsp3) is 0.250. The molecular formula is C16H17N3O. The van der Waals surface area contributed by atoms with Crippen LogP contribution in [0.4, 0.5) is 5.82 Å². The Kier molecular flexibility index (Phi) is 3.14. The summed E-state index contributed by atoms with van der Waals surface area (Å²) in [7, 11) is 0. The topological polar surface area (TPSA) is 51.0 Å². The van der Waals surface area contributed by atoms with Gasteiger partial charge in [0.1, 0.15) is 23.7 Å². The Labute approximate surface area is 117 Å². The largest absolute Gasteiger partial charge is 0.466 e. The Morgan fingerprint density at radius 3 is 2.70 bits per heavy atom. The van der Waals surface area contributed by atoms with Crippen molar-refractivity contribution < 1.29 is 4.42 Å². The monoisotopic (exact) mass is 267 g/mol. The van der Waals surface area contributed by atoms with Crippen LogP contribution in [-0.4, -0.2) is 9.97 Å². The zero-order valence-electron chi connectivity index (χ0n) is 11.8. The quantitative estimate of drug-likeness (QED) is 0.779. The van der Waals surface area contributed by atoms with Crippen LogP contribution < -0.4 is 5.32 Å². The van der Waals surface area contributed by atoms with Crippen LogP contribution in [-0.2, 0) is 0 Å². The average molecular weight is 267 g/mol. The number of anilines is 1. The van der Waals surface area contributed by atoms with E-state index in [9.17, 15) is 0 Å². The number of furan rings is 1. The molecule has 1 N–H and O–H groups in total. The molecule has 0 fully saturated rings. The lowest BCUT2D eigenvalue weighted by Gasteiger charge is -2.15. The van der Waals surface area contributed by atoms with Gasteiger partial charge in [0, 0.05) is 10.9 Å². The van der Waals surface area contributed by atoms with Gasteiger partial charge in [0.2, 0.25) is 0 Å². The molecule has 0 amide bonds. The number of hydrogen-bond donors (Lipinski definition) is 1.